The van der Waals surface area contributed by atoms with Crippen LogP contribution in [0, 0.1) is 6.57 Å². The molecule has 186 valence electrons. The summed E-state index contributed by atoms with van der Waals surface area (Å²) in [5.74, 6) is -1.37. The fourth-order valence-electron chi connectivity index (χ4n) is 2.93. The fourth-order valence-corrected chi connectivity index (χ4v) is 2.93. The van der Waals surface area contributed by atoms with Gasteiger partial charge < -0.3 is 14.2 Å². The smallest absolute Gasteiger partial charge is 0.406 e. The highest BCUT2D eigenvalue weighted by atomic mass is 19.4. The van der Waals surface area contributed by atoms with Gasteiger partial charge in [0, 0.05) is 11.3 Å². The molecule has 0 atom stereocenters. The SMILES string of the molecule is [C-]#[N+]c1ccc(N(Cc2noc(-c3cccc(OC(F)(F)F)c3)n2)CC(F)(F)F)cc1C(F)(F)F. The van der Waals surface area contributed by atoms with E-state index >= 15 is 0 Å². The largest absolute Gasteiger partial charge is 0.573 e. The maximum atomic E-state index is 13.3. The van der Waals surface area contributed by atoms with Crippen LogP contribution in [0.4, 0.5) is 50.9 Å². The van der Waals surface area contributed by atoms with Crippen LogP contribution in [0.3, 0.4) is 0 Å². The van der Waals surface area contributed by atoms with Crippen molar-refractivity contribution in [1.82, 2.24) is 10.1 Å². The normalized spacial score (nSPS) is 12.3. The molecule has 3 aromatic rings. The van der Waals surface area contributed by atoms with Gasteiger partial charge in [0.2, 0.25) is 0 Å². The Labute approximate surface area is 190 Å². The van der Waals surface area contributed by atoms with E-state index in [1.165, 1.54) is 12.1 Å². The Kier molecular flexibility index (Phi) is 6.86. The first-order chi connectivity index (χ1) is 16.1. The van der Waals surface area contributed by atoms with Gasteiger partial charge in [-0.25, -0.2) is 4.85 Å². The van der Waals surface area contributed by atoms with Gasteiger partial charge in [0.1, 0.15) is 12.3 Å². The van der Waals surface area contributed by atoms with Crippen molar-refractivity contribution in [2.45, 2.75) is 25.3 Å². The molecule has 0 amide bonds. The zero-order chi connectivity index (χ0) is 26.0. The number of nitrogens with zero attached hydrogens (tertiary/aromatic N) is 4. The summed E-state index contributed by atoms with van der Waals surface area (Å²) in [5, 5.41) is 3.47. The number of anilines is 1. The Morgan fingerprint density at radius 1 is 0.971 bits per heavy atom. The molecule has 0 saturated carbocycles. The molecule has 0 unspecified atom stereocenters. The first kappa shape index (κ1) is 25.7. The molecule has 1 heterocycles. The van der Waals surface area contributed by atoms with Gasteiger partial charge in [0.25, 0.3) is 5.89 Å². The molecule has 0 aliphatic rings. The topological polar surface area (TPSA) is 55.8 Å². The predicted octanol–water partition coefficient (Wildman–Crippen LogP) is 6.77. The second kappa shape index (κ2) is 9.35. The molecule has 1 aromatic heterocycles. The molecule has 0 spiro atoms. The zero-order valence-corrected chi connectivity index (χ0v) is 17.0. The fraction of sp³-hybridized carbons (Fsp3) is 0.250. The third kappa shape index (κ3) is 7.01. The summed E-state index contributed by atoms with van der Waals surface area (Å²) in [5.41, 5.74) is -2.79. The summed E-state index contributed by atoms with van der Waals surface area (Å²) in [7, 11) is 0. The van der Waals surface area contributed by atoms with Gasteiger partial charge in [-0.05, 0) is 30.3 Å². The highest BCUT2D eigenvalue weighted by Gasteiger charge is 2.36. The van der Waals surface area contributed by atoms with Crippen LogP contribution >= 0.6 is 0 Å². The summed E-state index contributed by atoms with van der Waals surface area (Å²) in [6.07, 6.45) is -14.8. The third-order valence-electron chi connectivity index (χ3n) is 4.26. The van der Waals surface area contributed by atoms with Gasteiger partial charge >= 0.3 is 18.7 Å². The maximum absolute atomic E-state index is 13.3. The average molecular weight is 510 g/mol. The Hall–Kier alpha value is -3.96. The minimum Gasteiger partial charge on any atom is -0.406 e. The molecule has 35 heavy (non-hydrogen) atoms. The molecule has 0 saturated heterocycles. The van der Waals surface area contributed by atoms with E-state index in [1.54, 1.807) is 0 Å². The van der Waals surface area contributed by atoms with Crippen molar-refractivity contribution in [3.05, 3.63) is 65.3 Å². The number of halogens is 9. The predicted molar refractivity (Wildman–Crippen MR) is 101 cm³/mol. The standard InChI is InChI=1S/C20H11F9N4O2/c1-30-15-6-5-12(8-14(15)19(24,25)26)33(10-18(21,22)23)9-16-31-17(35-32-16)11-3-2-4-13(7-11)34-20(27,28)29/h2-8H,9-10H2. The van der Waals surface area contributed by atoms with Crippen LogP contribution in [0.2, 0.25) is 0 Å². The average Bonchev–Trinajstić information content (AvgIpc) is 3.19. The van der Waals surface area contributed by atoms with Crippen LogP contribution in [0.25, 0.3) is 16.3 Å². The van der Waals surface area contributed by atoms with Gasteiger partial charge in [-0.15, -0.1) is 13.2 Å². The van der Waals surface area contributed by atoms with Crippen molar-refractivity contribution in [3.8, 4) is 17.2 Å². The van der Waals surface area contributed by atoms with E-state index in [1.807, 2.05) is 0 Å². The number of rotatable bonds is 6. The van der Waals surface area contributed by atoms with E-state index in [0.29, 0.717) is 11.0 Å². The summed E-state index contributed by atoms with van der Waals surface area (Å²) >= 11 is 0. The molecule has 0 aliphatic carbocycles. The van der Waals surface area contributed by atoms with E-state index in [2.05, 4.69) is 19.7 Å². The molecule has 0 N–H and O–H groups in total. The number of aromatic nitrogens is 2. The zero-order valence-electron chi connectivity index (χ0n) is 17.0. The van der Waals surface area contributed by atoms with E-state index in [4.69, 9.17) is 11.1 Å². The van der Waals surface area contributed by atoms with Crippen molar-refractivity contribution in [2.75, 3.05) is 11.4 Å². The second-order valence-corrected chi connectivity index (χ2v) is 6.87. The minimum atomic E-state index is -5.00. The molecular weight excluding hydrogens is 499 g/mol. The van der Waals surface area contributed by atoms with Gasteiger partial charge in [-0.2, -0.15) is 31.3 Å². The molecular formula is C20H11F9N4O2. The Morgan fingerprint density at radius 2 is 1.69 bits per heavy atom. The summed E-state index contributed by atoms with van der Waals surface area (Å²) in [4.78, 5) is 7.04. The lowest BCUT2D eigenvalue weighted by atomic mass is 10.1. The van der Waals surface area contributed by atoms with Gasteiger partial charge in [-0.3, -0.25) is 0 Å². The van der Waals surface area contributed by atoms with Crippen LogP contribution in [-0.4, -0.2) is 29.2 Å². The van der Waals surface area contributed by atoms with Crippen molar-refractivity contribution in [1.29, 1.82) is 0 Å². The Balaban J connectivity index is 1.92. The molecule has 0 fully saturated rings. The number of benzene rings is 2. The molecule has 0 aliphatic heterocycles. The molecule has 0 bridgehead atoms. The molecule has 15 heteroatoms. The first-order valence-corrected chi connectivity index (χ1v) is 9.24. The lowest BCUT2D eigenvalue weighted by molar-refractivity contribution is -0.274. The molecule has 3 rings (SSSR count). The first-order valence-electron chi connectivity index (χ1n) is 9.24. The number of alkyl halides is 9. The van der Waals surface area contributed by atoms with Crippen LogP contribution in [-0.2, 0) is 12.7 Å². The van der Waals surface area contributed by atoms with Crippen molar-refractivity contribution < 1.29 is 48.8 Å². The highest BCUT2D eigenvalue weighted by Crippen LogP contribution is 2.39. The van der Waals surface area contributed by atoms with Gasteiger partial charge in [-0.1, -0.05) is 17.3 Å². The van der Waals surface area contributed by atoms with E-state index < -0.39 is 60.3 Å². The lowest BCUT2D eigenvalue weighted by Crippen LogP contribution is -2.34. The van der Waals surface area contributed by atoms with Crippen LogP contribution < -0.4 is 9.64 Å². The Bertz CT molecular complexity index is 1230. The highest BCUT2D eigenvalue weighted by molar-refractivity contribution is 5.62. The quantitative estimate of drug-likeness (QED) is 0.271. The number of ether oxygens (including phenoxy) is 1. The summed E-state index contributed by atoms with van der Waals surface area (Å²) in [6, 6.07) is 6.38. The minimum absolute atomic E-state index is 0.0476. The van der Waals surface area contributed by atoms with Crippen LogP contribution in [0.1, 0.15) is 11.4 Å². The Morgan fingerprint density at radius 3 is 2.29 bits per heavy atom. The summed E-state index contributed by atoms with van der Waals surface area (Å²) in [6.45, 7) is 4.38. The van der Waals surface area contributed by atoms with E-state index in [-0.39, 0.29) is 11.5 Å². The summed E-state index contributed by atoms with van der Waals surface area (Å²) < 4.78 is 125. The van der Waals surface area contributed by atoms with Crippen molar-refractivity contribution in [2.24, 2.45) is 0 Å². The molecule has 2 aromatic carbocycles. The molecule has 0 radical (unpaired) electrons. The third-order valence-corrected chi connectivity index (χ3v) is 4.26. The maximum Gasteiger partial charge on any atom is 0.573 e. The second-order valence-electron chi connectivity index (χ2n) is 6.87. The van der Waals surface area contributed by atoms with Crippen LogP contribution in [0.5, 0.6) is 5.75 Å². The van der Waals surface area contributed by atoms with Crippen molar-refractivity contribution in [3.63, 3.8) is 0 Å². The van der Waals surface area contributed by atoms with Gasteiger partial charge in [0.05, 0.1) is 18.7 Å². The lowest BCUT2D eigenvalue weighted by Gasteiger charge is -2.25. The van der Waals surface area contributed by atoms with Crippen molar-refractivity contribution >= 4 is 11.4 Å². The van der Waals surface area contributed by atoms with E-state index in [9.17, 15) is 39.5 Å². The van der Waals surface area contributed by atoms with Crippen LogP contribution in [0.15, 0.2) is 47.0 Å². The monoisotopic (exact) mass is 510 g/mol. The van der Waals surface area contributed by atoms with Gasteiger partial charge in [0.15, 0.2) is 11.5 Å². The van der Waals surface area contributed by atoms with E-state index in [0.717, 1.165) is 24.3 Å². The number of hydrogen-bond donors (Lipinski definition) is 0. The molecule has 6 nitrogen and oxygen atoms in total. The number of hydrogen-bond acceptors (Lipinski definition) is 5.